The second kappa shape index (κ2) is 3.87. The molecule has 1 aromatic carbocycles. The molecule has 0 bridgehead atoms. The molecule has 0 aliphatic heterocycles. The van der Waals surface area contributed by atoms with Crippen molar-refractivity contribution in [2.45, 2.75) is 11.3 Å². The van der Waals surface area contributed by atoms with Gasteiger partial charge in [0.25, 0.3) is 0 Å². The van der Waals surface area contributed by atoms with E-state index in [-0.39, 0.29) is 4.90 Å². The molecule has 0 aromatic heterocycles. The van der Waals surface area contributed by atoms with Crippen molar-refractivity contribution in [1.29, 1.82) is 0 Å². The summed E-state index contributed by atoms with van der Waals surface area (Å²) in [5.74, 6) is 0. The minimum atomic E-state index is -3.55. The van der Waals surface area contributed by atoms with Gasteiger partial charge in [0.1, 0.15) is 0 Å². The molecule has 0 atom stereocenters. The SMILES string of the molecule is NS(=O)(=O)c1ccc(CC[NH3+])cc1. The average molecular weight is 201 g/mol. The number of quaternary nitrogens is 1. The van der Waals surface area contributed by atoms with Crippen LogP contribution in [0.5, 0.6) is 0 Å². The molecule has 0 spiro atoms. The third-order valence-electron chi connectivity index (χ3n) is 1.72. The number of nitrogens with two attached hydrogens (primary N) is 1. The molecular weight excluding hydrogens is 188 g/mol. The summed E-state index contributed by atoms with van der Waals surface area (Å²) in [4.78, 5) is 0.153. The molecule has 5 N–H and O–H groups in total. The van der Waals surface area contributed by atoms with Crippen LogP contribution in [0, 0.1) is 0 Å². The molecule has 0 saturated heterocycles. The Kier molecular flexibility index (Phi) is 3.02. The van der Waals surface area contributed by atoms with E-state index >= 15 is 0 Å². The van der Waals surface area contributed by atoms with E-state index in [2.05, 4.69) is 5.73 Å². The largest absolute Gasteiger partial charge is 0.357 e. The van der Waals surface area contributed by atoms with E-state index in [1.807, 2.05) is 0 Å². The van der Waals surface area contributed by atoms with Gasteiger partial charge in [-0.3, -0.25) is 0 Å². The van der Waals surface area contributed by atoms with Gasteiger partial charge < -0.3 is 5.73 Å². The first-order chi connectivity index (χ1) is 6.04. The van der Waals surface area contributed by atoms with Gasteiger partial charge in [0.05, 0.1) is 11.4 Å². The van der Waals surface area contributed by atoms with Crippen molar-refractivity contribution in [3.8, 4) is 0 Å². The quantitative estimate of drug-likeness (QED) is 0.665. The zero-order valence-corrected chi connectivity index (χ0v) is 8.05. The Morgan fingerprint density at radius 2 is 1.77 bits per heavy atom. The topological polar surface area (TPSA) is 87.8 Å². The predicted molar refractivity (Wildman–Crippen MR) is 49.3 cm³/mol. The van der Waals surface area contributed by atoms with E-state index in [0.29, 0.717) is 0 Å². The molecule has 5 heteroatoms. The zero-order chi connectivity index (χ0) is 9.90. The maximum absolute atomic E-state index is 10.9. The normalized spacial score (nSPS) is 11.5. The molecular formula is C8H13N2O2S+. The van der Waals surface area contributed by atoms with Crippen LogP contribution in [0.2, 0.25) is 0 Å². The fraction of sp³-hybridized carbons (Fsp3) is 0.250. The standard InChI is InChI=1S/C8H12N2O2S/c9-6-5-7-1-3-8(4-2-7)13(10,11)12/h1-4H,5-6,9H2,(H2,10,11,12)/p+1. The van der Waals surface area contributed by atoms with E-state index < -0.39 is 10.0 Å². The van der Waals surface area contributed by atoms with Crippen molar-refractivity contribution in [3.63, 3.8) is 0 Å². The van der Waals surface area contributed by atoms with Crippen LogP contribution in [-0.2, 0) is 16.4 Å². The lowest BCUT2D eigenvalue weighted by atomic mass is 10.2. The fourth-order valence-corrected chi connectivity index (χ4v) is 1.57. The zero-order valence-electron chi connectivity index (χ0n) is 7.23. The Morgan fingerprint density at radius 3 is 2.15 bits per heavy atom. The van der Waals surface area contributed by atoms with Crippen LogP contribution in [0.4, 0.5) is 0 Å². The van der Waals surface area contributed by atoms with Crippen LogP contribution in [0.3, 0.4) is 0 Å². The summed E-state index contributed by atoms with van der Waals surface area (Å²) in [6, 6.07) is 6.54. The molecule has 72 valence electrons. The summed E-state index contributed by atoms with van der Waals surface area (Å²) in [7, 11) is -3.55. The summed E-state index contributed by atoms with van der Waals surface area (Å²) < 4.78 is 21.7. The van der Waals surface area contributed by atoms with Gasteiger partial charge in [0.2, 0.25) is 10.0 Å². The number of rotatable bonds is 3. The first kappa shape index (κ1) is 10.2. The van der Waals surface area contributed by atoms with Crippen molar-refractivity contribution in [2.75, 3.05) is 6.54 Å². The van der Waals surface area contributed by atoms with Crippen LogP contribution in [0.1, 0.15) is 5.56 Å². The Hall–Kier alpha value is -0.910. The molecule has 0 aliphatic carbocycles. The Balaban J connectivity index is 2.94. The summed E-state index contributed by atoms with van der Waals surface area (Å²) in [5, 5.41) is 4.94. The van der Waals surface area contributed by atoms with E-state index in [4.69, 9.17) is 5.14 Å². The molecule has 0 aliphatic rings. The minimum Gasteiger partial charge on any atom is -0.357 e. The van der Waals surface area contributed by atoms with Gasteiger partial charge in [-0.2, -0.15) is 0 Å². The van der Waals surface area contributed by atoms with Crippen LogP contribution in [-0.4, -0.2) is 15.0 Å². The van der Waals surface area contributed by atoms with Crippen molar-refractivity contribution in [3.05, 3.63) is 29.8 Å². The summed E-state index contributed by atoms with van der Waals surface area (Å²) >= 11 is 0. The van der Waals surface area contributed by atoms with Gasteiger partial charge >= 0.3 is 0 Å². The number of hydrogen-bond acceptors (Lipinski definition) is 2. The Morgan fingerprint density at radius 1 is 1.23 bits per heavy atom. The molecule has 0 heterocycles. The highest BCUT2D eigenvalue weighted by atomic mass is 32.2. The van der Waals surface area contributed by atoms with E-state index in [1.54, 1.807) is 12.1 Å². The molecule has 0 saturated carbocycles. The Bertz CT molecular complexity index is 370. The first-order valence-corrected chi connectivity index (χ1v) is 5.49. The van der Waals surface area contributed by atoms with Crippen LogP contribution < -0.4 is 10.9 Å². The lowest BCUT2D eigenvalue weighted by Crippen LogP contribution is -2.51. The number of primary sulfonamides is 1. The molecule has 13 heavy (non-hydrogen) atoms. The van der Waals surface area contributed by atoms with Crippen molar-refractivity contribution < 1.29 is 14.2 Å². The minimum absolute atomic E-state index is 0.153. The molecule has 0 radical (unpaired) electrons. The summed E-state index contributed by atoms with van der Waals surface area (Å²) in [6.07, 6.45) is 0.852. The van der Waals surface area contributed by atoms with Gasteiger partial charge in [0, 0.05) is 6.42 Å². The second-order valence-electron chi connectivity index (χ2n) is 2.79. The highest BCUT2D eigenvalue weighted by Crippen LogP contribution is 2.08. The maximum Gasteiger partial charge on any atom is 0.238 e. The predicted octanol–water partition coefficient (Wildman–Crippen LogP) is -0.882. The maximum atomic E-state index is 10.9. The summed E-state index contributed by atoms with van der Waals surface area (Å²) in [6.45, 7) is 0.800. The van der Waals surface area contributed by atoms with Crippen LogP contribution in [0.15, 0.2) is 29.2 Å². The smallest absolute Gasteiger partial charge is 0.238 e. The van der Waals surface area contributed by atoms with E-state index in [1.165, 1.54) is 12.1 Å². The lowest BCUT2D eigenvalue weighted by molar-refractivity contribution is -0.366. The fourth-order valence-electron chi connectivity index (χ4n) is 1.05. The highest BCUT2D eigenvalue weighted by Gasteiger charge is 2.06. The van der Waals surface area contributed by atoms with Crippen LogP contribution in [0.25, 0.3) is 0 Å². The number of sulfonamides is 1. The molecule has 0 fully saturated rings. The van der Waals surface area contributed by atoms with Crippen molar-refractivity contribution >= 4 is 10.0 Å². The molecule has 4 nitrogen and oxygen atoms in total. The van der Waals surface area contributed by atoms with Gasteiger partial charge in [-0.1, -0.05) is 12.1 Å². The molecule has 1 rings (SSSR count). The number of benzene rings is 1. The summed E-state index contributed by atoms with van der Waals surface area (Å²) in [5.41, 5.74) is 4.78. The third kappa shape index (κ3) is 2.80. The molecule has 0 amide bonds. The molecule has 0 unspecified atom stereocenters. The highest BCUT2D eigenvalue weighted by molar-refractivity contribution is 7.89. The third-order valence-corrected chi connectivity index (χ3v) is 2.65. The average Bonchev–Trinajstić information content (AvgIpc) is 2.04. The first-order valence-electron chi connectivity index (χ1n) is 3.95. The van der Waals surface area contributed by atoms with Gasteiger partial charge in [-0.05, 0) is 17.7 Å². The van der Waals surface area contributed by atoms with Crippen molar-refractivity contribution in [1.82, 2.24) is 0 Å². The Labute approximate surface area is 77.6 Å². The second-order valence-corrected chi connectivity index (χ2v) is 4.35. The number of hydrogen-bond donors (Lipinski definition) is 2. The van der Waals surface area contributed by atoms with Gasteiger partial charge in [-0.25, -0.2) is 13.6 Å². The van der Waals surface area contributed by atoms with Crippen molar-refractivity contribution in [2.24, 2.45) is 5.14 Å². The van der Waals surface area contributed by atoms with E-state index in [9.17, 15) is 8.42 Å². The van der Waals surface area contributed by atoms with Gasteiger partial charge in [-0.15, -0.1) is 0 Å². The lowest BCUT2D eigenvalue weighted by Gasteiger charge is -1.99. The molecule has 1 aromatic rings. The monoisotopic (exact) mass is 201 g/mol. The van der Waals surface area contributed by atoms with Gasteiger partial charge in [0.15, 0.2) is 0 Å². The van der Waals surface area contributed by atoms with E-state index in [0.717, 1.165) is 18.5 Å². The van der Waals surface area contributed by atoms with Crippen LogP contribution >= 0.6 is 0 Å².